The van der Waals surface area contributed by atoms with Gasteiger partial charge in [-0.1, -0.05) is 6.92 Å². The molecule has 0 aliphatic rings. The van der Waals surface area contributed by atoms with Gasteiger partial charge >= 0.3 is 0 Å². The maximum atomic E-state index is 11.7. The van der Waals surface area contributed by atoms with E-state index >= 15 is 0 Å². The van der Waals surface area contributed by atoms with Crippen molar-refractivity contribution < 1.29 is 0 Å². The van der Waals surface area contributed by atoms with Crippen LogP contribution in [0.15, 0.2) is 23.1 Å². The lowest BCUT2D eigenvalue weighted by atomic mass is 10.2. The highest BCUT2D eigenvalue weighted by molar-refractivity contribution is 5.73. The van der Waals surface area contributed by atoms with Crippen LogP contribution in [0, 0.1) is 6.92 Å². The molecule has 2 rings (SSSR count). The molecule has 0 bridgehead atoms. The van der Waals surface area contributed by atoms with E-state index < -0.39 is 0 Å². The highest BCUT2D eigenvalue weighted by Crippen LogP contribution is 2.17. The molecule has 2 aromatic heterocycles. The molecule has 4 nitrogen and oxygen atoms in total. The quantitative estimate of drug-likeness (QED) is 0.773. The highest BCUT2D eigenvalue weighted by atomic mass is 16.1. The number of aryl methyl sites for hydroxylation is 1. The predicted molar refractivity (Wildman–Crippen MR) is 63.5 cm³/mol. The molecule has 84 valence electrons. The standard InChI is InChI=1S/C12H15N3O/c1-4-8(2)15-9(3)14-12(16)10-6-5-7-13-11(10)15/h5-8H,4H2,1-3H3. The first-order valence-electron chi connectivity index (χ1n) is 5.49. The number of fused-ring (bicyclic) bond motifs is 1. The van der Waals surface area contributed by atoms with E-state index in [9.17, 15) is 4.79 Å². The third kappa shape index (κ3) is 1.60. The summed E-state index contributed by atoms with van der Waals surface area (Å²) in [6.07, 6.45) is 2.69. The van der Waals surface area contributed by atoms with Crippen LogP contribution in [0.4, 0.5) is 0 Å². The largest absolute Gasteiger partial charge is 0.311 e. The second-order valence-corrected chi connectivity index (χ2v) is 3.97. The molecule has 4 heteroatoms. The molecule has 16 heavy (non-hydrogen) atoms. The fourth-order valence-corrected chi connectivity index (χ4v) is 1.88. The maximum absolute atomic E-state index is 11.7. The molecule has 0 amide bonds. The van der Waals surface area contributed by atoms with Gasteiger partial charge in [-0.25, -0.2) is 4.98 Å². The van der Waals surface area contributed by atoms with Gasteiger partial charge in [0.25, 0.3) is 5.56 Å². The molecule has 0 radical (unpaired) electrons. The van der Waals surface area contributed by atoms with E-state index in [-0.39, 0.29) is 5.56 Å². The average Bonchev–Trinajstić information content (AvgIpc) is 2.28. The molecule has 0 spiro atoms. The van der Waals surface area contributed by atoms with Gasteiger partial charge < -0.3 is 4.57 Å². The second-order valence-electron chi connectivity index (χ2n) is 3.97. The average molecular weight is 217 g/mol. The summed E-state index contributed by atoms with van der Waals surface area (Å²) in [7, 11) is 0. The van der Waals surface area contributed by atoms with Gasteiger partial charge in [0.15, 0.2) is 0 Å². The van der Waals surface area contributed by atoms with Crippen molar-refractivity contribution in [3.63, 3.8) is 0 Å². The van der Waals surface area contributed by atoms with Gasteiger partial charge in [-0.05, 0) is 32.4 Å². The number of aromatic nitrogens is 3. The minimum absolute atomic E-state index is 0.194. The van der Waals surface area contributed by atoms with E-state index in [0.29, 0.717) is 11.4 Å². The fourth-order valence-electron chi connectivity index (χ4n) is 1.88. The molecule has 1 unspecified atom stereocenters. The summed E-state index contributed by atoms with van der Waals surface area (Å²) in [4.78, 5) is 20.0. The lowest BCUT2D eigenvalue weighted by Gasteiger charge is -2.18. The third-order valence-corrected chi connectivity index (χ3v) is 2.89. The zero-order valence-electron chi connectivity index (χ0n) is 9.77. The Morgan fingerprint density at radius 1 is 1.50 bits per heavy atom. The molecule has 0 aliphatic carbocycles. The Labute approximate surface area is 94.0 Å². The van der Waals surface area contributed by atoms with E-state index in [1.807, 2.05) is 11.5 Å². The molecular weight excluding hydrogens is 202 g/mol. The van der Waals surface area contributed by atoms with Crippen LogP contribution in [0.2, 0.25) is 0 Å². The van der Waals surface area contributed by atoms with Crippen LogP contribution in [0.25, 0.3) is 11.0 Å². The first-order valence-corrected chi connectivity index (χ1v) is 5.49. The van der Waals surface area contributed by atoms with Crippen LogP contribution < -0.4 is 5.56 Å². The lowest BCUT2D eigenvalue weighted by molar-refractivity contribution is 0.519. The Bertz CT molecular complexity index is 574. The summed E-state index contributed by atoms with van der Waals surface area (Å²) in [6, 6.07) is 3.84. The summed E-state index contributed by atoms with van der Waals surface area (Å²) >= 11 is 0. The maximum Gasteiger partial charge on any atom is 0.282 e. The van der Waals surface area contributed by atoms with E-state index in [1.165, 1.54) is 0 Å². The zero-order valence-corrected chi connectivity index (χ0v) is 9.77. The third-order valence-electron chi connectivity index (χ3n) is 2.89. The molecule has 2 heterocycles. The Morgan fingerprint density at radius 3 is 2.94 bits per heavy atom. The molecule has 0 fully saturated rings. The predicted octanol–water partition coefficient (Wildman–Crippen LogP) is 2.07. The number of hydrogen-bond donors (Lipinski definition) is 0. The molecule has 0 aromatic carbocycles. The van der Waals surface area contributed by atoms with E-state index in [4.69, 9.17) is 0 Å². The number of nitrogens with zero attached hydrogens (tertiary/aromatic N) is 3. The lowest BCUT2D eigenvalue weighted by Crippen LogP contribution is -2.19. The van der Waals surface area contributed by atoms with Gasteiger partial charge in [-0.15, -0.1) is 0 Å². The monoisotopic (exact) mass is 217 g/mol. The van der Waals surface area contributed by atoms with Crippen molar-refractivity contribution in [1.29, 1.82) is 0 Å². The molecule has 0 saturated heterocycles. The summed E-state index contributed by atoms with van der Waals surface area (Å²) in [5, 5.41) is 0.591. The van der Waals surface area contributed by atoms with Crippen molar-refractivity contribution in [3.8, 4) is 0 Å². The number of pyridine rings is 1. The summed E-state index contributed by atoms with van der Waals surface area (Å²) in [6.45, 7) is 6.06. The van der Waals surface area contributed by atoms with Gasteiger partial charge in [-0.3, -0.25) is 4.79 Å². The number of hydrogen-bond acceptors (Lipinski definition) is 3. The van der Waals surface area contributed by atoms with Crippen molar-refractivity contribution in [3.05, 3.63) is 34.5 Å². The second kappa shape index (κ2) is 4.04. The SMILES string of the molecule is CCC(C)n1c(C)nc(=O)c2cccnc21. The molecule has 1 atom stereocenters. The van der Waals surface area contributed by atoms with Gasteiger partial charge in [0.1, 0.15) is 11.5 Å². The van der Waals surface area contributed by atoms with Gasteiger partial charge in [-0.2, -0.15) is 4.98 Å². The zero-order chi connectivity index (χ0) is 11.7. The molecule has 0 aliphatic heterocycles. The van der Waals surface area contributed by atoms with Crippen molar-refractivity contribution in [1.82, 2.24) is 14.5 Å². The van der Waals surface area contributed by atoms with Crippen molar-refractivity contribution in [2.75, 3.05) is 0 Å². The fraction of sp³-hybridized carbons (Fsp3) is 0.417. The first-order chi connectivity index (χ1) is 7.65. The Morgan fingerprint density at radius 2 is 2.25 bits per heavy atom. The van der Waals surface area contributed by atoms with Crippen LogP contribution in [0.3, 0.4) is 0 Å². The van der Waals surface area contributed by atoms with Gasteiger partial charge in [0, 0.05) is 12.2 Å². The van der Waals surface area contributed by atoms with Gasteiger partial charge in [0.05, 0.1) is 5.39 Å². The summed E-state index contributed by atoms with van der Waals surface area (Å²) < 4.78 is 2.02. The minimum atomic E-state index is -0.194. The van der Waals surface area contributed by atoms with Crippen molar-refractivity contribution in [2.24, 2.45) is 0 Å². The van der Waals surface area contributed by atoms with Gasteiger partial charge in [0.2, 0.25) is 0 Å². The Hall–Kier alpha value is -1.71. The normalized spacial score (nSPS) is 12.9. The van der Waals surface area contributed by atoms with Crippen LogP contribution in [-0.4, -0.2) is 14.5 Å². The molecule has 0 N–H and O–H groups in total. The van der Waals surface area contributed by atoms with Crippen LogP contribution in [0.5, 0.6) is 0 Å². The van der Waals surface area contributed by atoms with Crippen LogP contribution >= 0.6 is 0 Å². The summed E-state index contributed by atoms with van der Waals surface area (Å²) in [5.74, 6) is 0.727. The van der Waals surface area contributed by atoms with Crippen LogP contribution in [0.1, 0.15) is 32.1 Å². The highest BCUT2D eigenvalue weighted by Gasteiger charge is 2.12. The van der Waals surface area contributed by atoms with E-state index in [0.717, 1.165) is 17.9 Å². The van der Waals surface area contributed by atoms with E-state index in [1.54, 1.807) is 18.3 Å². The minimum Gasteiger partial charge on any atom is -0.311 e. The Balaban J connectivity index is 2.87. The number of rotatable bonds is 2. The molecular formula is C12H15N3O. The molecule has 0 saturated carbocycles. The van der Waals surface area contributed by atoms with E-state index in [2.05, 4.69) is 23.8 Å². The first kappa shape index (κ1) is 10.8. The topological polar surface area (TPSA) is 47.8 Å². The summed E-state index contributed by atoms with van der Waals surface area (Å²) in [5.41, 5.74) is 0.537. The Kier molecular flexibility index (Phi) is 2.73. The van der Waals surface area contributed by atoms with Crippen molar-refractivity contribution in [2.45, 2.75) is 33.2 Å². The van der Waals surface area contributed by atoms with Crippen molar-refractivity contribution >= 4 is 11.0 Å². The molecule has 2 aromatic rings. The van der Waals surface area contributed by atoms with Crippen LogP contribution in [-0.2, 0) is 0 Å². The smallest absolute Gasteiger partial charge is 0.282 e.